The van der Waals surface area contributed by atoms with E-state index in [-0.39, 0.29) is 12.2 Å². The van der Waals surface area contributed by atoms with E-state index in [9.17, 15) is 20.0 Å². The van der Waals surface area contributed by atoms with Crippen molar-refractivity contribution in [3.05, 3.63) is 55.8 Å². The van der Waals surface area contributed by atoms with Crippen molar-refractivity contribution in [1.82, 2.24) is 5.32 Å². The lowest BCUT2D eigenvalue weighted by Crippen LogP contribution is -2.40. The molecular weight excluding hydrogens is 330 g/mol. The molecular formula is C16H19N3O4S. The molecule has 1 aromatic carbocycles. The zero-order chi connectivity index (χ0) is 17.9. The van der Waals surface area contributed by atoms with Gasteiger partial charge in [-0.25, -0.2) is 4.79 Å². The number of aryl methyl sites for hydroxylation is 1. The molecule has 1 aromatic heterocycles. The highest BCUT2D eigenvalue weighted by Gasteiger charge is 2.25. The summed E-state index contributed by atoms with van der Waals surface area (Å²) in [5.41, 5.74) is 0.274. The number of aliphatic hydroxyl groups is 1. The largest absolute Gasteiger partial charge is 0.383 e. The summed E-state index contributed by atoms with van der Waals surface area (Å²) in [6.07, 6.45) is 0. The van der Waals surface area contributed by atoms with E-state index in [1.165, 1.54) is 17.4 Å². The first-order valence-electron chi connectivity index (χ1n) is 7.28. The van der Waals surface area contributed by atoms with Gasteiger partial charge < -0.3 is 15.7 Å². The molecule has 0 spiro atoms. The fourth-order valence-electron chi connectivity index (χ4n) is 2.31. The van der Waals surface area contributed by atoms with Gasteiger partial charge in [0.15, 0.2) is 0 Å². The summed E-state index contributed by atoms with van der Waals surface area (Å²) in [5.74, 6) is 0. The zero-order valence-electron chi connectivity index (χ0n) is 13.6. The molecule has 0 unspecified atom stereocenters. The molecule has 0 fully saturated rings. The second-order valence-electron chi connectivity index (χ2n) is 5.72. The SMILES string of the molecule is Cc1ccc([N+](=O)[O-])c(C)c1NC(=O)NC[C@](C)(O)c1cccs1. The van der Waals surface area contributed by atoms with E-state index >= 15 is 0 Å². The van der Waals surface area contributed by atoms with Crippen molar-refractivity contribution in [3.8, 4) is 0 Å². The number of carbonyl (C=O) groups is 1. The van der Waals surface area contributed by atoms with Crippen LogP contribution >= 0.6 is 11.3 Å². The topological polar surface area (TPSA) is 105 Å². The zero-order valence-corrected chi connectivity index (χ0v) is 14.4. The Morgan fingerprint density at radius 1 is 1.38 bits per heavy atom. The number of hydrogen-bond acceptors (Lipinski definition) is 5. The Bertz CT molecular complexity index is 757. The van der Waals surface area contributed by atoms with Gasteiger partial charge in [-0.05, 0) is 37.8 Å². The van der Waals surface area contributed by atoms with Crippen molar-refractivity contribution in [1.29, 1.82) is 0 Å². The average molecular weight is 349 g/mol. The minimum atomic E-state index is -1.18. The normalized spacial score (nSPS) is 13.2. The van der Waals surface area contributed by atoms with Crippen LogP contribution in [0.25, 0.3) is 0 Å². The molecule has 0 saturated carbocycles. The summed E-state index contributed by atoms with van der Waals surface area (Å²) in [6, 6.07) is 6.08. The van der Waals surface area contributed by atoms with Gasteiger partial charge in [-0.1, -0.05) is 12.1 Å². The highest BCUT2D eigenvalue weighted by Crippen LogP contribution is 2.29. The Morgan fingerprint density at radius 3 is 2.67 bits per heavy atom. The molecule has 24 heavy (non-hydrogen) atoms. The molecule has 1 atom stereocenters. The second kappa shape index (κ2) is 6.98. The fourth-order valence-corrected chi connectivity index (χ4v) is 3.10. The van der Waals surface area contributed by atoms with E-state index in [4.69, 9.17) is 0 Å². The molecule has 0 saturated heterocycles. The number of benzene rings is 1. The third-order valence-corrected chi connectivity index (χ3v) is 4.85. The standard InChI is InChI=1S/C16H19N3O4S/c1-10-6-7-12(19(22)23)11(2)14(10)18-15(20)17-9-16(3,21)13-5-4-8-24-13/h4-8,21H,9H2,1-3H3,(H2,17,18,20)/t16-/m0/s1. The molecule has 7 nitrogen and oxygen atoms in total. The number of hydrogen-bond donors (Lipinski definition) is 3. The Kier molecular flexibility index (Phi) is 5.20. The van der Waals surface area contributed by atoms with Crippen molar-refractivity contribution in [2.75, 3.05) is 11.9 Å². The quantitative estimate of drug-likeness (QED) is 0.569. The van der Waals surface area contributed by atoms with Gasteiger partial charge in [-0.3, -0.25) is 10.1 Å². The highest BCUT2D eigenvalue weighted by molar-refractivity contribution is 7.10. The molecule has 2 amide bonds. The first-order chi connectivity index (χ1) is 11.2. The van der Waals surface area contributed by atoms with Crippen molar-refractivity contribution < 1.29 is 14.8 Å². The number of amides is 2. The van der Waals surface area contributed by atoms with Crippen molar-refractivity contribution in [2.24, 2.45) is 0 Å². The molecule has 2 rings (SSSR count). The van der Waals surface area contributed by atoms with Crippen LogP contribution in [-0.2, 0) is 5.60 Å². The van der Waals surface area contributed by atoms with Crippen LogP contribution in [0.3, 0.4) is 0 Å². The summed E-state index contributed by atoms with van der Waals surface area (Å²) in [4.78, 5) is 23.4. The number of nitro benzene ring substituents is 1. The monoisotopic (exact) mass is 349 g/mol. The maximum Gasteiger partial charge on any atom is 0.319 e. The smallest absolute Gasteiger partial charge is 0.319 e. The highest BCUT2D eigenvalue weighted by atomic mass is 32.1. The van der Waals surface area contributed by atoms with Gasteiger partial charge in [0.25, 0.3) is 5.69 Å². The van der Waals surface area contributed by atoms with Gasteiger partial charge in [0, 0.05) is 10.9 Å². The number of nitrogens with zero attached hydrogens (tertiary/aromatic N) is 1. The summed E-state index contributed by atoms with van der Waals surface area (Å²) in [7, 11) is 0. The maximum absolute atomic E-state index is 12.1. The minimum Gasteiger partial charge on any atom is -0.383 e. The predicted octanol–water partition coefficient (Wildman–Crippen LogP) is 3.30. The second-order valence-corrected chi connectivity index (χ2v) is 6.67. The lowest BCUT2D eigenvalue weighted by atomic mass is 10.1. The third kappa shape index (κ3) is 3.90. The van der Waals surface area contributed by atoms with Gasteiger partial charge in [0.2, 0.25) is 0 Å². The summed E-state index contributed by atoms with van der Waals surface area (Å²) in [6.45, 7) is 4.98. The van der Waals surface area contributed by atoms with Crippen molar-refractivity contribution in [2.45, 2.75) is 26.4 Å². The van der Waals surface area contributed by atoms with Crippen molar-refractivity contribution >= 4 is 28.7 Å². The molecule has 0 radical (unpaired) electrons. The van der Waals surface area contributed by atoms with Gasteiger partial charge in [0.05, 0.1) is 22.7 Å². The van der Waals surface area contributed by atoms with E-state index in [2.05, 4.69) is 10.6 Å². The number of rotatable bonds is 5. The summed E-state index contributed by atoms with van der Waals surface area (Å²) >= 11 is 1.40. The Morgan fingerprint density at radius 2 is 2.08 bits per heavy atom. The summed E-state index contributed by atoms with van der Waals surface area (Å²) in [5, 5.41) is 28.5. The predicted molar refractivity (Wildman–Crippen MR) is 93.5 cm³/mol. The van der Waals surface area contributed by atoms with E-state index in [1.54, 1.807) is 32.9 Å². The molecule has 8 heteroatoms. The first kappa shape index (κ1) is 17.9. The van der Waals surface area contributed by atoms with Crippen molar-refractivity contribution in [3.63, 3.8) is 0 Å². The average Bonchev–Trinajstić information content (AvgIpc) is 3.04. The molecule has 0 aliphatic rings. The van der Waals surface area contributed by atoms with E-state index < -0.39 is 16.6 Å². The molecule has 1 heterocycles. The van der Waals surface area contributed by atoms with Gasteiger partial charge in [-0.2, -0.15) is 0 Å². The number of anilines is 1. The van der Waals surface area contributed by atoms with Crippen LogP contribution in [0, 0.1) is 24.0 Å². The van der Waals surface area contributed by atoms with Crippen LogP contribution in [0.1, 0.15) is 22.9 Å². The molecule has 0 bridgehead atoms. The van der Waals surface area contributed by atoms with Crippen LogP contribution in [0.15, 0.2) is 29.6 Å². The van der Waals surface area contributed by atoms with E-state index in [1.807, 2.05) is 11.4 Å². The maximum atomic E-state index is 12.1. The van der Waals surface area contributed by atoms with E-state index in [0.717, 1.165) is 10.4 Å². The third-order valence-electron chi connectivity index (χ3n) is 3.73. The number of urea groups is 1. The van der Waals surface area contributed by atoms with E-state index in [0.29, 0.717) is 11.3 Å². The summed E-state index contributed by atoms with van der Waals surface area (Å²) < 4.78 is 0. The van der Waals surface area contributed by atoms with Crippen LogP contribution in [0.5, 0.6) is 0 Å². The molecule has 0 aliphatic carbocycles. The molecule has 0 aliphatic heterocycles. The Hall–Kier alpha value is -2.45. The lowest BCUT2D eigenvalue weighted by Gasteiger charge is -2.22. The van der Waals surface area contributed by atoms with Gasteiger partial charge >= 0.3 is 6.03 Å². The van der Waals surface area contributed by atoms with Crippen LogP contribution in [-0.4, -0.2) is 22.6 Å². The van der Waals surface area contributed by atoms with Gasteiger partial charge in [-0.15, -0.1) is 11.3 Å². The number of carbonyl (C=O) groups excluding carboxylic acids is 1. The van der Waals surface area contributed by atoms with Gasteiger partial charge in [0.1, 0.15) is 5.60 Å². The number of nitrogens with one attached hydrogen (secondary N) is 2. The fraction of sp³-hybridized carbons (Fsp3) is 0.312. The Labute approximate surface area is 143 Å². The number of nitro groups is 1. The molecule has 3 N–H and O–H groups in total. The molecule has 2 aromatic rings. The van der Waals surface area contributed by atoms with Crippen LogP contribution < -0.4 is 10.6 Å². The number of thiophene rings is 1. The first-order valence-corrected chi connectivity index (χ1v) is 8.16. The Balaban J connectivity index is 2.08. The minimum absolute atomic E-state index is 0.0202. The van der Waals surface area contributed by atoms with Crippen LogP contribution in [0.2, 0.25) is 0 Å². The lowest BCUT2D eigenvalue weighted by molar-refractivity contribution is -0.385. The molecule has 128 valence electrons. The van der Waals surface area contributed by atoms with Crippen LogP contribution in [0.4, 0.5) is 16.2 Å².